The summed E-state index contributed by atoms with van der Waals surface area (Å²) in [6.07, 6.45) is 1.08. The number of nitrogens with zero attached hydrogens (tertiary/aromatic N) is 5. The van der Waals surface area contributed by atoms with Crippen molar-refractivity contribution in [2.45, 2.75) is 0 Å². The summed E-state index contributed by atoms with van der Waals surface area (Å²) in [6.45, 7) is 0. The minimum absolute atomic E-state index is 0.0694. The molecule has 12 heavy (non-hydrogen) atoms. The Labute approximate surface area is 65.9 Å². The molecule has 66 valence electrons. The van der Waals surface area contributed by atoms with E-state index in [4.69, 9.17) is 22.0 Å². The van der Waals surface area contributed by atoms with Crippen molar-refractivity contribution in [2.75, 3.05) is 0 Å². The highest BCUT2D eigenvalue weighted by Crippen LogP contribution is 1.88. The Morgan fingerprint density at radius 3 is 2.58 bits per heavy atom. The van der Waals surface area contributed by atoms with Crippen molar-refractivity contribution in [3.63, 3.8) is 0 Å². The second kappa shape index (κ2) is 3.78. The van der Waals surface area contributed by atoms with Gasteiger partial charge in [-0.15, -0.1) is 5.12 Å². The highest BCUT2D eigenvalue weighted by Gasteiger charge is 2.23. The van der Waals surface area contributed by atoms with Crippen LogP contribution in [0.5, 0.6) is 0 Å². The molecule has 0 aromatic rings. The summed E-state index contributed by atoms with van der Waals surface area (Å²) in [7, 11) is 0. The lowest BCUT2D eigenvalue weighted by molar-refractivity contribution is -0.672. The van der Waals surface area contributed by atoms with Crippen LogP contribution < -0.4 is 11.6 Å². The molecule has 0 saturated heterocycles. The smallest absolute Gasteiger partial charge is 0.274 e. The number of hydrazine groups is 3. The second-order valence-electron chi connectivity index (χ2n) is 1.43. The van der Waals surface area contributed by atoms with E-state index >= 15 is 0 Å². The number of hydrogen-bond donors (Lipinski definition) is 3. The zero-order valence-corrected chi connectivity index (χ0v) is 5.65. The van der Waals surface area contributed by atoms with Crippen molar-refractivity contribution >= 4 is 5.96 Å². The van der Waals surface area contributed by atoms with E-state index in [1.807, 2.05) is 0 Å². The van der Waals surface area contributed by atoms with Gasteiger partial charge in [-0.3, -0.25) is 0 Å². The monoisotopic (exact) mass is 175 g/mol. The number of nitriles is 1. The van der Waals surface area contributed by atoms with Gasteiger partial charge in [0.25, 0.3) is 12.2 Å². The van der Waals surface area contributed by atoms with E-state index in [9.17, 15) is 10.1 Å². The maximum absolute atomic E-state index is 9.99. The van der Waals surface area contributed by atoms with Gasteiger partial charge >= 0.3 is 0 Å². The third kappa shape index (κ3) is 1.85. The molecule has 0 aliphatic carbocycles. The fourth-order valence-electron chi connectivity index (χ4n) is 0.306. The van der Waals surface area contributed by atoms with Gasteiger partial charge in [0.2, 0.25) is 0 Å². The van der Waals surface area contributed by atoms with E-state index < -0.39 is 11.0 Å². The van der Waals surface area contributed by atoms with E-state index in [0.717, 1.165) is 6.19 Å². The molecule has 0 aliphatic rings. The standard InChI is InChI=1S/C2H5N7O3/c3-1-7(9(11)12)8(5)2(4)6-10/h10H,5H2,(H2,4,6). The van der Waals surface area contributed by atoms with Gasteiger partial charge < -0.3 is 10.9 Å². The first kappa shape index (κ1) is 9.72. The molecule has 0 saturated carbocycles. The fraction of sp³-hybridized carbons (Fsp3) is 0. The molecule has 0 amide bonds. The van der Waals surface area contributed by atoms with Crippen molar-refractivity contribution in [3.05, 3.63) is 10.1 Å². The van der Waals surface area contributed by atoms with Crippen LogP contribution in [-0.2, 0) is 0 Å². The maximum Gasteiger partial charge on any atom is 0.274 e. The Hall–Kier alpha value is -2.28. The molecule has 10 heteroatoms. The van der Waals surface area contributed by atoms with Gasteiger partial charge in [-0.05, 0) is 5.16 Å². The molecule has 0 spiro atoms. The lowest BCUT2D eigenvalue weighted by Crippen LogP contribution is -2.54. The highest BCUT2D eigenvalue weighted by molar-refractivity contribution is 5.76. The van der Waals surface area contributed by atoms with Gasteiger partial charge in [0.05, 0.1) is 5.12 Å². The fourth-order valence-corrected chi connectivity index (χ4v) is 0.306. The van der Waals surface area contributed by atoms with Crippen molar-refractivity contribution < 1.29 is 10.2 Å². The first-order chi connectivity index (χ1) is 5.54. The van der Waals surface area contributed by atoms with Crippen LogP contribution in [0.25, 0.3) is 0 Å². The molecule has 0 atom stereocenters. The third-order valence-corrected chi connectivity index (χ3v) is 0.785. The first-order valence-electron chi connectivity index (χ1n) is 2.41. The zero-order valence-electron chi connectivity index (χ0n) is 5.65. The molecule has 0 fully saturated rings. The lowest BCUT2D eigenvalue weighted by Gasteiger charge is -2.15. The lowest BCUT2D eigenvalue weighted by atomic mass is 11.0. The molecular weight excluding hydrogens is 170 g/mol. The van der Waals surface area contributed by atoms with Crippen LogP contribution in [0.15, 0.2) is 5.16 Å². The average Bonchev–Trinajstić information content (AvgIpc) is 2.03. The molecule has 0 unspecified atom stereocenters. The minimum Gasteiger partial charge on any atom is -0.408 e. The summed E-state index contributed by atoms with van der Waals surface area (Å²) in [6, 6.07) is 0. The Balaban J connectivity index is 4.56. The van der Waals surface area contributed by atoms with Crippen molar-refractivity contribution in [2.24, 2.45) is 16.7 Å². The second-order valence-corrected chi connectivity index (χ2v) is 1.43. The van der Waals surface area contributed by atoms with E-state index in [1.54, 1.807) is 0 Å². The number of nitro groups is 1. The summed E-state index contributed by atoms with van der Waals surface area (Å²) >= 11 is 0. The molecule has 0 aromatic heterocycles. The molecule has 5 N–H and O–H groups in total. The third-order valence-electron chi connectivity index (χ3n) is 0.785. The molecule has 10 nitrogen and oxygen atoms in total. The molecule has 0 aromatic carbocycles. The number of guanidine groups is 1. The van der Waals surface area contributed by atoms with Crippen LogP contribution in [-0.4, -0.2) is 26.4 Å². The Bertz CT molecular complexity index is 242. The van der Waals surface area contributed by atoms with E-state index in [1.165, 1.54) is 0 Å². The van der Waals surface area contributed by atoms with E-state index in [0.29, 0.717) is 0 Å². The van der Waals surface area contributed by atoms with Crippen molar-refractivity contribution in [1.82, 2.24) is 10.2 Å². The van der Waals surface area contributed by atoms with Gasteiger partial charge in [-0.25, -0.2) is 16.0 Å². The SMILES string of the molecule is N#CN(N(N)C(N)=NO)[N+](=O)[O-]. The summed E-state index contributed by atoms with van der Waals surface area (Å²) in [5.74, 6) is 4.08. The number of hydrogen-bond acceptors (Lipinski definition) is 6. The van der Waals surface area contributed by atoms with Gasteiger partial charge in [-0.1, -0.05) is 0 Å². The number of nitrogens with two attached hydrogens (primary N) is 2. The summed E-state index contributed by atoms with van der Waals surface area (Å²) < 4.78 is 0. The predicted molar refractivity (Wildman–Crippen MR) is 33.9 cm³/mol. The van der Waals surface area contributed by atoms with E-state index in [2.05, 4.69) is 5.16 Å². The van der Waals surface area contributed by atoms with Crippen molar-refractivity contribution in [3.8, 4) is 6.19 Å². The molecule has 0 heterocycles. The van der Waals surface area contributed by atoms with E-state index in [-0.39, 0.29) is 10.2 Å². The Morgan fingerprint density at radius 2 is 2.33 bits per heavy atom. The minimum atomic E-state index is -1.14. The van der Waals surface area contributed by atoms with Gasteiger partial charge in [0.15, 0.2) is 5.03 Å². The van der Waals surface area contributed by atoms with Crippen LogP contribution >= 0.6 is 0 Å². The number of oxime groups is 1. The Morgan fingerprint density at radius 1 is 1.83 bits per heavy atom. The average molecular weight is 175 g/mol. The molecule has 0 rings (SSSR count). The van der Waals surface area contributed by atoms with Gasteiger partial charge in [0.1, 0.15) is 0 Å². The molecule has 0 radical (unpaired) electrons. The first-order valence-corrected chi connectivity index (χ1v) is 2.41. The largest absolute Gasteiger partial charge is 0.408 e. The quantitative estimate of drug-likeness (QED) is 0.0620. The number of rotatable bonds is 2. The highest BCUT2D eigenvalue weighted by atomic mass is 16.7. The van der Waals surface area contributed by atoms with Crippen LogP contribution in [0, 0.1) is 21.6 Å². The van der Waals surface area contributed by atoms with Gasteiger partial charge in [0, 0.05) is 0 Å². The van der Waals surface area contributed by atoms with Gasteiger partial charge in [-0.2, -0.15) is 5.26 Å². The van der Waals surface area contributed by atoms with Crippen molar-refractivity contribution in [1.29, 1.82) is 5.26 Å². The Kier molecular flexibility index (Phi) is 3.06. The van der Waals surface area contributed by atoms with Crippen LogP contribution in [0.1, 0.15) is 0 Å². The van der Waals surface area contributed by atoms with Crippen LogP contribution in [0.3, 0.4) is 0 Å². The summed E-state index contributed by atoms with van der Waals surface area (Å²) in [4.78, 5) is 9.99. The van der Waals surface area contributed by atoms with Crippen LogP contribution in [0.2, 0.25) is 0 Å². The normalized spacial score (nSPS) is 10.2. The summed E-state index contributed by atoms with van der Waals surface area (Å²) in [5.41, 5.74) is 4.83. The molecule has 0 aliphatic heterocycles. The maximum atomic E-state index is 9.99. The van der Waals surface area contributed by atoms with Crippen LogP contribution in [0.4, 0.5) is 0 Å². The topological polar surface area (TPSA) is 158 Å². The summed E-state index contributed by atoms with van der Waals surface area (Å²) in [5, 5.41) is 27.2. The zero-order chi connectivity index (χ0) is 9.72. The predicted octanol–water partition coefficient (Wildman–Crippen LogP) is -2.24. The molecular formula is C2H5N7O3. The molecule has 0 bridgehead atoms.